The maximum atomic E-state index is 5.56. The summed E-state index contributed by atoms with van der Waals surface area (Å²) in [6, 6.07) is 7.19. The summed E-state index contributed by atoms with van der Waals surface area (Å²) < 4.78 is 6.71. The molecule has 0 radical (unpaired) electrons. The number of ether oxygens (including phenoxy) is 1. The van der Waals surface area contributed by atoms with Gasteiger partial charge in [-0.1, -0.05) is 41.6 Å². The molecule has 21 heavy (non-hydrogen) atoms. The van der Waals surface area contributed by atoms with Crippen LogP contribution in [0, 0.1) is 11.8 Å². The van der Waals surface area contributed by atoms with E-state index in [4.69, 9.17) is 4.74 Å². The molecule has 2 nitrogen and oxygen atoms in total. The van der Waals surface area contributed by atoms with Gasteiger partial charge in [0.1, 0.15) is 5.75 Å². The smallest absolute Gasteiger partial charge is 0.122 e. The zero-order valence-corrected chi connectivity index (χ0v) is 14.5. The van der Waals surface area contributed by atoms with E-state index in [1.54, 1.807) is 7.11 Å². The first-order valence-electron chi connectivity index (χ1n) is 8.32. The molecule has 0 heterocycles. The second kappa shape index (κ2) is 7.15. The molecule has 1 aromatic carbocycles. The van der Waals surface area contributed by atoms with Crippen molar-refractivity contribution in [1.29, 1.82) is 0 Å². The standard InChI is InChI=1S/C18H26BrNO/c1-21-18-9-6-16(19)11-14(18)10-15(12-20-17-7-8-17)13-4-2-3-5-13/h6,9,11,13,15,17,20H,2-5,7-8,10,12H2,1H3. The van der Waals surface area contributed by atoms with Gasteiger partial charge in [-0.3, -0.25) is 0 Å². The fraction of sp³-hybridized carbons (Fsp3) is 0.667. The van der Waals surface area contributed by atoms with Crippen LogP contribution in [-0.4, -0.2) is 19.7 Å². The lowest BCUT2D eigenvalue weighted by Gasteiger charge is -2.25. The topological polar surface area (TPSA) is 21.3 Å². The van der Waals surface area contributed by atoms with Crippen LogP contribution in [0.1, 0.15) is 44.1 Å². The Morgan fingerprint density at radius 3 is 2.67 bits per heavy atom. The zero-order chi connectivity index (χ0) is 14.7. The van der Waals surface area contributed by atoms with Crippen molar-refractivity contribution >= 4 is 15.9 Å². The van der Waals surface area contributed by atoms with Crippen molar-refractivity contribution in [2.24, 2.45) is 11.8 Å². The summed E-state index contributed by atoms with van der Waals surface area (Å²) in [7, 11) is 1.78. The first-order chi connectivity index (χ1) is 10.3. The van der Waals surface area contributed by atoms with Crippen molar-refractivity contribution in [1.82, 2.24) is 5.32 Å². The highest BCUT2D eigenvalue weighted by Gasteiger charge is 2.28. The van der Waals surface area contributed by atoms with Crippen LogP contribution in [-0.2, 0) is 6.42 Å². The zero-order valence-electron chi connectivity index (χ0n) is 12.9. The van der Waals surface area contributed by atoms with Crippen LogP contribution in [0.15, 0.2) is 22.7 Å². The minimum atomic E-state index is 0.747. The molecule has 0 spiro atoms. The molecular formula is C18H26BrNO. The molecule has 0 aromatic heterocycles. The highest BCUT2D eigenvalue weighted by Crippen LogP contribution is 2.35. The Morgan fingerprint density at radius 2 is 2.00 bits per heavy atom. The van der Waals surface area contributed by atoms with E-state index in [9.17, 15) is 0 Å². The predicted octanol–water partition coefficient (Wildman–Crippen LogP) is 4.56. The van der Waals surface area contributed by atoms with Crippen LogP contribution in [0.3, 0.4) is 0 Å². The molecule has 1 atom stereocenters. The molecule has 0 aliphatic heterocycles. The number of rotatable bonds is 7. The van der Waals surface area contributed by atoms with Crippen LogP contribution in [0.25, 0.3) is 0 Å². The van der Waals surface area contributed by atoms with Crippen LogP contribution < -0.4 is 10.1 Å². The normalized spacial score (nSPS) is 20.7. The largest absolute Gasteiger partial charge is 0.496 e. The van der Waals surface area contributed by atoms with E-state index in [1.165, 1.54) is 50.6 Å². The van der Waals surface area contributed by atoms with Gasteiger partial charge in [-0.25, -0.2) is 0 Å². The van der Waals surface area contributed by atoms with Crippen molar-refractivity contribution in [3.63, 3.8) is 0 Å². The number of hydrogen-bond donors (Lipinski definition) is 1. The van der Waals surface area contributed by atoms with Crippen molar-refractivity contribution < 1.29 is 4.74 Å². The molecule has 0 saturated heterocycles. The summed E-state index contributed by atoms with van der Waals surface area (Å²) in [5, 5.41) is 3.75. The van der Waals surface area contributed by atoms with Gasteiger partial charge in [-0.15, -0.1) is 0 Å². The third-order valence-corrected chi connectivity index (χ3v) is 5.53. The van der Waals surface area contributed by atoms with Crippen LogP contribution >= 0.6 is 15.9 Å². The van der Waals surface area contributed by atoms with Gasteiger partial charge in [-0.05, 0) is 61.4 Å². The Morgan fingerprint density at radius 1 is 1.24 bits per heavy atom. The van der Waals surface area contributed by atoms with E-state index in [2.05, 4.69) is 39.4 Å². The Kier molecular flexibility index (Phi) is 5.23. The van der Waals surface area contributed by atoms with Gasteiger partial charge in [0.2, 0.25) is 0 Å². The van der Waals surface area contributed by atoms with Gasteiger partial charge in [0, 0.05) is 10.5 Å². The quantitative estimate of drug-likeness (QED) is 0.777. The van der Waals surface area contributed by atoms with Gasteiger partial charge in [0.05, 0.1) is 7.11 Å². The number of halogens is 1. The second-order valence-electron chi connectivity index (χ2n) is 6.65. The summed E-state index contributed by atoms with van der Waals surface area (Å²) in [5.74, 6) is 2.67. The van der Waals surface area contributed by atoms with Crippen molar-refractivity contribution in [2.75, 3.05) is 13.7 Å². The highest BCUT2D eigenvalue weighted by molar-refractivity contribution is 9.10. The molecule has 2 fully saturated rings. The lowest BCUT2D eigenvalue weighted by Crippen LogP contribution is -2.30. The Hall–Kier alpha value is -0.540. The average Bonchev–Trinajstić information content (AvgIpc) is 3.15. The first kappa shape index (κ1) is 15.4. The average molecular weight is 352 g/mol. The minimum absolute atomic E-state index is 0.747. The lowest BCUT2D eigenvalue weighted by atomic mass is 9.85. The van der Waals surface area contributed by atoms with Gasteiger partial charge in [0.15, 0.2) is 0 Å². The molecule has 2 aliphatic carbocycles. The monoisotopic (exact) mass is 351 g/mol. The molecule has 1 aromatic rings. The number of nitrogens with one attached hydrogen (secondary N) is 1. The third-order valence-electron chi connectivity index (χ3n) is 5.04. The summed E-state index contributed by atoms with van der Waals surface area (Å²) in [6.45, 7) is 1.17. The van der Waals surface area contributed by atoms with E-state index in [0.29, 0.717) is 0 Å². The second-order valence-corrected chi connectivity index (χ2v) is 7.56. The number of benzene rings is 1. The highest BCUT2D eigenvalue weighted by atomic mass is 79.9. The maximum absolute atomic E-state index is 5.56. The van der Waals surface area contributed by atoms with Crippen molar-refractivity contribution in [2.45, 2.75) is 51.0 Å². The molecule has 0 bridgehead atoms. The van der Waals surface area contributed by atoms with Gasteiger partial charge < -0.3 is 10.1 Å². The van der Waals surface area contributed by atoms with Crippen LogP contribution in [0.4, 0.5) is 0 Å². The summed E-state index contributed by atoms with van der Waals surface area (Å²) >= 11 is 3.60. The van der Waals surface area contributed by atoms with E-state index < -0.39 is 0 Å². The van der Waals surface area contributed by atoms with Crippen molar-refractivity contribution in [3.05, 3.63) is 28.2 Å². The van der Waals surface area contributed by atoms with Crippen LogP contribution in [0.5, 0.6) is 5.75 Å². The Bertz CT molecular complexity index is 466. The molecule has 1 N–H and O–H groups in total. The van der Waals surface area contributed by atoms with E-state index >= 15 is 0 Å². The number of methoxy groups -OCH3 is 1. The Balaban J connectivity index is 1.70. The molecule has 2 saturated carbocycles. The molecule has 2 aliphatic rings. The fourth-order valence-electron chi connectivity index (χ4n) is 3.63. The van der Waals surface area contributed by atoms with Crippen molar-refractivity contribution in [3.8, 4) is 5.75 Å². The minimum Gasteiger partial charge on any atom is -0.496 e. The lowest BCUT2D eigenvalue weighted by molar-refractivity contribution is 0.315. The van der Waals surface area contributed by atoms with E-state index in [1.807, 2.05) is 0 Å². The SMILES string of the molecule is COc1ccc(Br)cc1CC(CNC1CC1)C1CCCC1. The number of hydrogen-bond acceptors (Lipinski definition) is 2. The fourth-order valence-corrected chi connectivity index (χ4v) is 4.04. The van der Waals surface area contributed by atoms with Gasteiger partial charge in [0.25, 0.3) is 0 Å². The van der Waals surface area contributed by atoms with E-state index in [-0.39, 0.29) is 0 Å². The maximum Gasteiger partial charge on any atom is 0.122 e. The summed E-state index contributed by atoms with van der Waals surface area (Å²) in [5.41, 5.74) is 1.35. The van der Waals surface area contributed by atoms with Gasteiger partial charge in [-0.2, -0.15) is 0 Å². The third kappa shape index (κ3) is 4.23. The predicted molar refractivity (Wildman–Crippen MR) is 90.9 cm³/mol. The first-order valence-corrected chi connectivity index (χ1v) is 9.11. The molecule has 0 amide bonds. The van der Waals surface area contributed by atoms with Crippen LogP contribution in [0.2, 0.25) is 0 Å². The van der Waals surface area contributed by atoms with E-state index in [0.717, 1.165) is 34.5 Å². The molecule has 116 valence electrons. The van der Waals surface area contributed by atoms with Gasteiger partial charge >= 0.3 is 0 Å². The molecular weight excluding hydrogens is 326 g/mol. The summed E-state index contributed by atoms with van der Waals surface area (Å²) in [6.07, 6.45) is 9.53. The molecule has 3 rings (SSSR count). The molecule has 1 unspecified atom stereocenters. The summed E-state index contributed by atoms with van der Waals surface area (Å²) in [4.78, 5) is 0. The molecule has 3 heteroatoms. The Labute approximate surface area is 136 Å².